The predicted molar refractivity (Wildman–Crippen MR) is 94.5 cm³/mol. The van der Waals surface area contributed by atoms with E-state index in [1.165, 1.54) is 24.3 Å². The Morgan fingerprint density at radius 1 is 1.22 bits per heavy atom. The van der Waals surface area contributed by atoms with E-state index in [2.05, 4.69) is 4.74 Å². The molecule has 2 amide bonds. The molecule has 0 spiro atoms. The van der Waals surface area contributed by atoms with E-state index < -0.39 is 40.6 Å². The zero-order chi connectivity index (χ0) is 20.0. The molecule has 1 unspecified atom stereocenters. The van der Waals surface area contributed by atoms with E-state index in [0.29, 0.717) is 11.4 Å². The molecular weight excluding hydrogens is 400 g/mol. The first kappa shape index (κ1) is 21.1. The van der Waals surface area contributed by atoms with Crippen molar-refractivity contribution in [3.05, 3.63) is 29.3 Å². The van der Waals surface area contributed by atoms with E-state index in [0.717, 1.165) is 4.31 Å². The molecule has 148 valence electrons. The molecule has 1 atom stereocenters. The van der Waals surface area contributed by atoms with Crippen LogP contribution in [0.3, 0.4) is 0 Å². The Labute approximate surface area is 161 Å². The highest BCUT2D eigenvalue weighted by Crippen LogP contribution is 2.27. The van der Waals surface area contributed by atoms with Gasteiger partial charge in [0, 0.05) is 11.6 Å². The van der Waals surface area contributed by atoms with Gasteiger partial charge in [0.15, 0.2) is 6.61 Å². The Balaban J connectivity index is 2.00. The highest BCUT2D eigenvalue weighted by atomic mass is 35.5. The monoisotopic (exact) mass is 418 g/mol. The number of halogens is 1. The third kappa shape index (κ3) is 5.41. The number of carbonyl (C=O) groups is 3. The molecule has 1 aliphatic rings. The summed E-state index contributed by atoms with van der Waals surface area (Å²) in [5.74, 6) is -1.73. The van der Waals surface area contributed by atoms with Crippen molar-refractivity contribution in [3.63, 3.8) is 0 Å². The van der Waals surface area contributed by atoms with Crippen molar-refractivity contribution in [2.24, 2.45) is 0 Å². The van der Waals surface area contributed by atoms with E-state index >= 15 is 0 Å². The fourth-order valence-electron chi connectivity index (χ4n) is 2.56. The molecular formula is C16H19ClN2O7S. The molecule has 1 saturated heterocycles. The van der Waals surface area contributed by atoms with Gasteiger partial charge in [-0.15, -0.1) is 0 Å². The molecule has 1 aromatic rings. The maximum absolute atomic E-state index is 12.8. The number of ether oxygens (including phenoxy) is 2. The molecule has 1 aromatic carbocycles. The van der Waals surface area contributed by atoms with Crippen LogP contribution in [0.2, 0.25) is 5.02 Å². The molecule has 0 aromatic heterocycles. The van der Waals surface area contributed by atoms with Crippen LogP contribution in [0.1, 0.15) is 19.8 Å². The van der Waals surface area contributed by atoms with Gasteiger partial charge < -0.3 is 9.47 Å². The second-order valence-electron chi connectivity index (χ2n) is 5.60. The number of esters is 1. The first-order valence-electron chi connectivity index (χ1n) is 8.16. The summed E-state index contributed by atoms with van der Waals surface area (Å²) in [5.41, 5.74) is 0. The van der Waals surface area contributed by atoms with Gasteiger partial charge in [-0.05, 0) is 44.0 Å². The van der Waals surface area contributed by atoms with Gasteiger partial charge in [-0.3, -0.25) is 14.9 Å². The lowest BCUT2D eigenvalue weighted by Crippen LogP contribution is -2.42. The first-order chi connectivity index (χ1) is 12.8. The van der Waals surface area contributed by atoms with E-state index in [4.69, 9.17) is 16.3 Å². The molecule has 2 rings (SSSR count). The van der Waals surface area contributed by atoms with Crippen LogP contribution < -0.4 is 5.32 Å². The molecule has 1 fully saturated rings. The largest absolute Gasteiger partial charge is 0.454 e. The van der Waals surface area contributed by atoms with Crippen LogP contribution in [0.15, 0.2) is 29.2 Å². The van der Waals surface area contributed by atoms with E-state index in [9.17, 15) is 22.8 Å². The van der Waals surface area contributed by atoms with Crippen LogP contribution in [0.25, 0.3) is 0 Å². The van der Waals surface area contributed by atoms with Crippen LogP contribution in [0.4, 0.5) is 4.79 Å². The standard InChI is InChI=1S/C16H19ClN2O7S/c1-2-25-16(22)18-14(20)10-26-15(21)13-4-3-9-19(13)27(23,24)12-7-5-11(17)6-8-12/h5-8,13H,2-4,9-10H2,1H3,(H,18,20,22). The third-order valence-electron chi connectivity index (χ3n) is 3.76. The molecule has 1 heterocycles. The molecule has 1 N–H and O–H groups in total. The predicted octanol–water partition coefficient (Wildman–Crippen LogP) is 1.31. The SMILES string of the molecule is CCOC(=O)NC(=O)COC(=O)C1CCCN1S(=O)(=O)c1ccc(Cl)cc1. The molecule has 0 bridgehead atoms. The van der Waals surface area contributed by atoms with Crippen molar-refractivity contribution < 1.29 is 32.3 Å². The van der Waals surface area contributed by atoms with Gasteiger partial charge in [-0.25, -0.2) is 13.2 Å². The van der Waals surface area contributed by atoms with Crippen LogP contribution in [-0.4, -0.2) is 56.5 Å². The molecule has 11 heteroatoms. The minimum Gasteiger partial charge on any atom is -0.454 e. The summed E-state index contributed by atoms with van der Waals surface area (Å²) < 4.78 is 35.9. The minimum atomic E-state index is -3.92. The molecule has 0 aliphatic carbocycles. The number of benzene rings is 1. The van der Waals surface area contributed by atoms with Crippen molar-refractivity contribution in [1.82, 2.24) is 9.62 Å². The lowest BCUT2D eigenvalue weighted by atomic mass is 10.2. The van der Waals surface area contributed by atoms with Crippen molar-refractivity contribution in [3.8, 4) is 0 Å². The maximum Gasteiger partial charge on any atom is 0.413 e. The minimum absolute atomic E-state index is 0.00616. The average Bonchev–Trinajstić information content (AvgIpc) is 3.11. The van der Waals surface area contributed by atoms with Gasteiger partial charge in [0.25, 0.3) is 5.91 Å². The Kier molecular flexibility index (Phi) is 7.17. The Morgan fingerprint density at radius 3 is 2.52 bits per heavy atom. The number of rotatable bonds is 6. The zero-order valence-corrected chi connectivity index (χ0v) is 16.1. The maximum atomic E-state index is 12.8. The van der Waals surface area contributed by atoms with Crippen molar-refractivity contribution >= 4 is 39.6 Å². The quantitative estimate of drug-likeness (QED) is 0.691. The molecule has 0 saturated carbocycles. The fourth-order valence-corrected chi connectivity index (χ4v) is 4.33. The van der Waals surface area contributed by atoms with Gasteiger partial charge in [-0.2, -0.15) is 4.31 Å². The number of nitrogens with one attached hydrogen (secondary N) is 1. The molecule has 0 radical (unpaired) electrons. The second kappa shape index (κ2) is 9.16. The number of amides is 2. The van der Waals surface area contributed by atoms with Crippen LogP contribution >= 0.6 is 11.6 Å². The van der Waals surface area contributed by atoms with E-state index in [1.54, 1.807) is 6.92 Å². The molecule has 1 aliphatic heterocycles. The summed E-state index contributed by atoms with van der Waals surface area (Å²) in [7, 11) is -3.92. The Bertz CT molecular complexity index is 811. The van der Waals surface area contributed by atoms with Crippen molar-refractivity contribution in [2.75, 3.05) is 19.8 Å². The summed E-state index contributed by atoms with van der Waals surface area (Å²) in [6, 6.07) is 4.55. The van der Waals surface area contributed by atoms with E-state index in [-0.39, 0.29) is 24.5 Å². The number of carbonyl (C=O) groups excluding carboxylic acids is 3. The molecule has 9 nitrogen and oxygen atoms in total. The third-order valence-corrected chi connectivity index (χ3v) is 5.93. The normalized spacial score (nSPS) is 17.3. The number of hydrogen-bond acceptors (Lipinski definition) is 7. The fraction of sp³-hybridized carbons (Fsp3) is 0.438. The van der Waals surface area contributed by atoms with Gasteiger partial charge in [0.1, 0.15) is 6.04 Å². The highest BCUT2D eigenvalue weighted by Gasteiger charge is 2.40. The lowest BCUT2D eigenvalue weighted by molar-refractivity contribution is -0.151. The summed E-state index contributed by atoms with van der Waals surface area (Å²) >= 11 is 5.77. The number of hydrogen-bond donors (Lipinski definition) is 1. The van der Waals surface area contributed by atoms with Crippen LogP contribution in [0.5, 0.6) is 0 Å². The number of nitrogens with zero attached hydrogens (tertiary/aromatic N) is 1. The number of sulfonamides is 1. The van der Waals surface area contributed by atoms with Gasteiger partial charge >= 0.3 is 12.1 Å². The summed E-state index contributed by atoms with van der Waals surface area (Å²) in [6.07, 6.45) is -0.210. The summed E-state index contributed by atoms with van der Waals surface area (Å²) in [6.45, 7) is 1.08. The smallest absolute Gasteiger partial charge is 0.413 e. The van der Waals surface area contributed by atoms with Crippen LogP contribution in [0, 0.1) is 0 Å². The lowest BCUT2D eigenvalue weighted by Gasteiger charge is -2.22. The van der Waals surface area contributed by atoms with Crippen molar-refractivity contribution in [2.45, 2.75) is 30.7 Å². The number of alkyl carbamates (subject to hydrolysis) is 1. The topological polar surface area (TPSA) is 119 Å². The van der Waals surface area contributed by atoms with Gasteiger partial charge in [-0.1, -0.05) is 11.6 Å². The van der Waals surface area contributed by atoms with Crippen LogP contribution in [-0.2, 0) is 29.1 Å². The van der Waals surface area contributed by atoms with E-state index in [1.807, 2.05) is 5.32 Å². The van der Waals surface area contributed by atoms with Crippen molar-refractivity contribution in [1.29, 1.82) is 0 Å². The molecule has 27 heavy (non-hydrogen) atoms. The van der Waals surface area contributed by atoms with Gasteiger partial charge in [0.2, 0.25) is 10.0 Å². The second-order valence-corrected chi connectivity index (χ2v) is 7.93. The Morgan fingerprint density at radius 2 is 1.89 bits per heavy atom. The summed E-state index contributed by atoms with van der Waals surface area (Å²) in [4.78, 5) is 34.9. The average molecular weight is 419 g/mol. The Hall–Kier alpha value is -2.17. The van der Waals surface area contributed by atoms with Gasteiger partial charge in [0.05, 0.1) is 11.5 Å². The highest BCUT2D eigenvalue weighted by molar-refractivity contribution is 7.89. The number of imide groups is 1. The first-order valence-corrected chi connectivity index (χ1v) is 9.98. The summed E-state index contributed by atoms with van der Waals surface area (Å²) in [5, 5.41) is 2.27. The zero-order valence-electron chi connectivity index (χ0n) is 14.5.